The Morgan fingerprint density at radius 3 is 2.95 bits per heavy atom. The third kappa shape index (κ3) is 3.10. The van der Waals surface area contributed by atoms with Gasteiger partial charge in [-0.1, -0.05) is 11.6 Å². The van der Waals surface area contributed by atoms with E-state index in [9.17, 15) is 4.79 Å². The highest BCUT2D eigenvalue weighted by molar-refractivity contribution is 6.31. The van der Waals surface area contributed by atoms with Crippen molar-refractivity contribution in [3.63, 3.8) is 0 Å². The Bertz CT molecular complexity index is 710. The lowest BCUT2D eigenvalue weighted by molar-refractivity contribution is 0.211. The van der Waals surface area contributed by atoms with Crippen LogP contribution in [0, 0.1) is 5.92 Å². The van der Waals surface area contributed by atoms with E-state index in [1.807, 2.05) is 7.05 Å². The van der Waals surface area contributed by atoms with Crippen LogP contribution in [0.3, 0.4) is 0 Å². The van der Waals surface area contributed by atoms with Crippen molar-refractivity contribution in [3.8, 4) is 0 Å². The minimum atomic E-state index is -0.151. The second-order valence-corrected chi connectivity index (χ2v) is 6.17. The molecule has 1 aromatic heterocycles. The molecule has 5 nitrogen and oxygen atoms in total. The first-order valence-corrected chi connectivity index (χ1v) is 7.55. The lowest BCUT2D eigenvalue weighted by Gasteiger charge is -2.26. The van der Waals surface area contributed by atoms with Crippen molar-refractivity contribution in [1.29, 1.82) is 0 Å². The van der Waals surface area contributed by atoms with Crippen molar-refractivity contribution in [2.24, 2.45) is 11.7 Å². The molecule has 1 aromatic carbocycles. The fourth-order valence-electron chi connectivity index (χ4n) is 2.80. The molecule has 0 amide bonds. The van der Waals surface area contributed by atoms with Crippen LogP contribution in [0.25, 0.3) is 10.9 Å². The second-order valence-electron chi connectivity index (χ2n) is 5.73. The summed E-state index contributed by atoms with van der Waals surface area (Å²) in [5, 5.41) is 1.06. The first kappa shape index (κ1) is 14.5. The molecule has 2 aromatic rings. The van der Waals surface area contributed by atoms with Crippen LogP contribution in [-0.2, 0) is 6.54 Å². The molecule has 1 fully saturated rings. The standard InChI is InChI=1S/C15H19ClN4O/c1-20(13(7-17)9-2-3-9)8-14-18-12-5-4-10(16)6-11(12)15(21)19-14/h4-6,9,13H,2-3,7-8,17H2,1H3,(H,18,19,21). The summed E-state index contributed by atoms with van der Waals surface area (Å²) in [7, 11) is 2.03. The van der Waals surface area contributed by atoms with Crippen LogP contribution in [0.1, 0.15) is 18.7 Å². The number of hydrogen-bond donors (Lipinski definition) is 2. The number of aromatic amines is 1. The topological polar surface area (TPSA) is 75.0 Å². The molecular formula is C15H19ClN4O. The molecule has 1 unspecified atom stereocenters. The smallest absolute Gasteiger partial charge is 0.258 e. The average Bonchev–Trinajstić information content (AvgIpc) is 3.25. The van der Waals surface area contributed by atoms with E-state index in [4.69, 9.17) is 17.3 Å². The summed E-state index contributed by atoms with van der Waals surface area (Å²) in [5.41, 5.74) is 6.37. The molecule has 1 atom stereocenters. The van der Waals surface area contributed by atoms with Crippen molar-refractivity contribution in [2.75, 3.05) is 13.6 Å². The maximum absolute atomic E-state index is 12.1. The van der Waals surface area contributed by atoms with Gasteiger partial charge in [-0.2, -0.15) is 0 Å². The molecule has 0 bridgehead atoms. The largest absolute Gasteiger partial charge is 0.329 e. The number of likely N-dealkylation sites (N-methyl/N-ethyl adjacent to an activating group) is 1. The van der Waals surface area contributed by atoms with Crippen LogP contribution in [0.15, 0.2) is 23.0 Å². The summed E-state index contributed by atoms with van der Waals surface area (Å²) in [6.07, 6.45) is 2.48. The summed E-state index contributed by atoms with van der Waals surface area (Å²) in [5.74, 6) is 1.35. The van der Waals surface area contributed by atoms with Crippen LogP contribution < -0.4 is 11.3 Å². The van der Waals surface area contributed by atoms with Gasteiger partial charge in [-0.15, -0.1) is 0 Å². The van der Waals surface area contributed by atoms with Crippen molar-refractivity contribution >= 4 is 22.5 Å². The molecule has 0 spiro atoms. The van der Waals surface area contributed by atoms with Gasteiger partial charge < -0.3 is 10.7 Å². The fraction of sp³-hybridized carbons (Fsp3) is 0.467. The van der Waals surface area contributed by atoms with Gasteiger partial charge in [0.05, 0.1) is 17.4 Å². The van der Waals surface area contributed by atoms with Gasteiger partial charge in [-0.25, -0.2) is 4.98 Å². The minimum Gasteiger partial charge on any atom is -0.329 e. The van der Waals surface area contributed by atoms with E-state index in [0.717, 1.165) is 0 Å². The predicted octanol–water partition coefficient (Wildman–Crippen LogP) is 1.75. The van der Waals surface area contributed by atoms with Crippen LogP contribution >= 0.6 is 11.6 Å². The van der Waals surface area contributed by atoms with Gasteiger partial charge in [0, 0.05) is 17.6 Å². The van der Waals surface area contributed by atoms with Gasteiger partial charge in [0.15, 0.2) is 0 Å². The molecule has 1 aliphatic carbocycles. The van der Waals surface area contributed by atoms with Gasteiger partial charge in [0.2, 0.25) is 0 Å². The van der Waals surface area contributed by atoms with E-state index in [1.165, 1.54) is 12.8 Å². The number of nitrogens with one attached hydrogen (secondary N) is 1. The fourth-order valence-corrected chi connectivity index (χ4v) is 2.97. The van der Waals surface area contributed by atoms with Crippen molar-refractivity contribution < 1.29 is 0 Å². The zero-order valence-electron chi connectivity index (χ0n) is 12.0. The molecule has 0 aliphatic heterocycles. The van der Waals surface area contributed by atoms with Crippen molar-refractivity contribution in [2.45, 2.75) is 25.4 Å². The third-order valence-corrected chi connectivity index (χ3v) is 4.32. The Morgan fingerprint density at radius 1 is 1.52 bits per heavy atom. The Kier molecular flexibility index (Phi) is 3.97. The summed E-state index contributed by atoms with van der Waals surface area (Å²) in [4.78, 5) is 21.7. The molecule has 1 saturated carbocycles. The first-order chi connectivity index (χ1) is 10.1. The predicted molar refractivity (Wildman–Crippen MR) is 84.4 cm³/mol. The highest BCUT2D eigenvalue weighted by Gasteiger charge is 2.32. The first-order valence-electron chi connectivity index (χ1n) is 7.17. The van der Waals surface area contributed by atoms with E-state index in [2.05, 4.69) is 14.9 Å². The monoisotopic (exact) mass is 306 g/mol. The number of nitrogens with two attached hydrogens (primary N) is 1. The van der Waals surface area contributed by atoms with E-state index in [0.29, 0.717) is 46.8 Å². The Hall–Kier alpha value is -1.43. The van der Waals surface area contributed by atoms with Gasteiger partial charge >= 0.3 is 0 Å². The molecule has 21 heavy (non-hydrogen) atoms. The highest BCUT2D eigenvalue weighted by atomic mass is 35.5. The molecule has 3 rings (SSSR count). The number of H-pyrrole nitrogens is 1. The van der Waals surface area contributed by atoms with E-state index in [-0.39, 0.29) is 5.56 Å². The van der Waals surface area contributed by atoms with E-state index >= 15 is 0 Å². The normalized spacial score (nSPS) is 16.6. The average molecular weight is 307 g/mol. The molecule has 3 N–H and O–H groups in total. The quantitative estimate of drug-likeness (QED) is 0.882. The molecule has 1 heterocycles. The summed E-state index contributed by atoms with van der Waals surface area (Å²) >= 11 is 5.91. The molecule has 112 valence electrons. The molecule has 0 radical (unpaired) electrons. The van der Waals surface area contributed by atoms with Crippen molar-refractivity contribution in [3.05, 3.63) is 39.4 Å². The molecular weight excluding hydrogens is 288 g/mol. The number of hydrogen-bond acceptors (Lipinski definition) is 4. The number of benzene rings is 1. The summed E-state index contributed by atoms with van der Waals surface area (Å²) in [6.45, 7) is 1.22. The number of rotatable bonds is 5. The minimum absolute atomic E-state index is 0.151. The zero-order valence-corrected chi connectivity index (χ0v) is 12.7. The Morgan fingerprint density at radius 2 is 2.29 bits per heavy atom. The van der Waals surface area contributed by atoms with Crippen molar-refractivity contribution in [1.82, 2.24) is 14.9 Å². The van der Waals surface area contributed by atoms with Crippen LogP contribution in [0.2, 0.25) is 5.02 Å². The van der Waals surface area contributed by atoms with Gasteiger partial charge in [0.25, 0.3) is 5.56 Å². The molecule has 0 saturated heterocycles. The number of nitrogens with zero attached hydrogens (tertiary/aromatic N) is 2. The highest BCUT2D eigenvalue weighted by Crippen LogP contribution is 2.34. The molecule has 1 aliphatic rings. The Labute approximate surface area is 128 Å². The lowest BCUT2D eigenvalue weighted by atomic mass is 10.1. The van der Waals surface area contributed by atoms with Gasteiger partial charge in [-0.3, -0.25) is 9.69 Å². The van der Waals surface area contributed by atoms with E-state index < -0.39 is 0 Å². The van der Waals surface area contributed by atoms with Crippen LogP contribution in [0.5, 0.6) is 0 Å². The SMILES string of the molecule is CN(Cc1nc2ccc(Cl)cc2c(=O)[nH]1)C(CN)C1CC1. The van der Waals surface area contributed by atoms with Gasteiger partial charge in [0.1, 0.15) is 5.82 Å². The second kappa shape index (κ2) is 5.75. The third-order valence-electron chi connectivity index (χ3n) is 4.09. The summed E-state index contributed by atoms with van der Waals surface area (Å²) < 4.78 is 0. The lowest BCUT2D eigenvalue weighted by Crippen LogP contribution is -2.39. The summed E-state index contributed by atoms with van der Waals surface area (Å²) in [6, 6.07) is 5.52. The number of fused-ring (bicyclic) bond motifs is 1. The van der Waals surface area contributed by atoms with Crippen LogP contribution in [0.4, 0.5) is 0 Å². The Balaban J connectivity index is 1.87. The maximum atomic E-state index is 12.1. The zero-order chi connectivity index (χ0) is 15.0. The maximum Gasteiger partial charge on any atom is 0.258 e. The number of aromatic nitrogens is 2. The number of halogens is 1. The van der Waals surface area contributed by atoms with Gasteiger partial charge in [-0.05, 0) is 44.0 Å². The van der Waals surface area contributed by atoms with Crippen LogP contribution in [-0.4, -0.2) is 34.5 Å². The van der Waals surface area contributed by atoms with E-state index in [1.54, 1.807) is 18.2 Å². The molecule has 6 heteroatoms.